The predicted octanol–water partition coefficient (Wildman–Crippen LogP) is 1.97. The van der Waals surface area contributed by atoms with Crippen molar-refractivity contribution in [2.24, 2.45) is 0 Å². The van der Waals surface area contributed by atoms with E-state index in [4.69, 9.17) is 0 Å². The van der Waals surface area contributed by atoms with Crippen molar-refractivity contribution >= 4 is 0 Å². The molecule has 1 unspecified atom stereocenters. The lowest BCUT2D eigenvalue weighted by molar-refractivity contribution is 0.104. The van der Waals surface area contributed by atoms with E-state index >= 15 is 0 Å². The van der Waals surface area contributed by atoms with Crippen LogP contribution in [-0.2, 0) is 19.5 Å². The molecule has 0 aliphatic carbocycles. The van der Waals surface area contributed by atoms with Crippen LogP contribution in [0, 0.1) is 0 Å². The second kappa shape index (κ2) is 7.92. The molecular weight excluding hydrogens is 300 g/mol. The average molecular weight is 328 g/mol. The Kier molecular flexibility index (Phi) is 5.66. The Hall–Kier alpha value is -1.69. The molecule has 3 rings (SSSR count). The standard InChI is InChI=1S/C19H28N4O/c1-15(2)23-10-8-18(21-23)11-20-12-19(24)14-22-9-7-16-5-3-4-6-17(16)13-22/h3-6,8,10,15,19-20,24H,7,9,11-14H2,1-2H3. The molecule has 0 amide bonds. The van der Waals surface area contributed by atoms with Crippen molar-refractivity contribution in [1.29, 1.82) is 0 Å². The number of β-amino-alcohol motifs (C(OH)–C–C–N with tert-alkyl or cyclic N) is 1. The molecule has 1 aliphatic heterocycles. The highest BCUT2D eigenvalue weighted by Crippen LogP contribution is 2.18. The molecule has 5 nitrogen and oxygen atoms in total. The van der Waals surface area contributed by atoms with E-state index in [-0.39, 0.29) is 6.10 Å². The topological polar surface area (TPSA) is 53.3 Å². The summed E-state index contributed by atoms with van der Waals surface area (Å²) in [5.41, 5.74) is 3.85. The number of hydrogen-bond acceptors (Lipinski definition) is 4. The molecule has 5 heteroatoms. The summed E-state index contributed by atoms with van der Waals surface area (Å²) < 4.78 is 1.96. The SMILES string of the molecule is CC(C)n1ccc(CNCC(O)CN2CCc3ccccc3C2)n1. The van der Waals surface area contributed by atoms with Crippen molar-refractivity contribution in [2.75, 3.05) is 19.6 Å². The van der Waals surface area contributed by atoms with Crippen LogP contribution in [0.3, 0.4) is 0 Å². The Morgan fingerprint density at radius 3 is 2.75 bits per heavy atom. The first-order chi connectivity index (χ1) is 11.6. The van der Waals surface area contributed by atoms with E-state index < -0.39 is 0 Å². The van der Waals surface area contributed by atoms with Crippen LogP contribution in [0.15, 0.2) is 36.5 Å². The van der Waals surface area contributed by atoms with Crippen LogP contribution in [-0.4, -0.2) is 45.5 Å². The van der Waals surface area contributed by atoms with Crippen molar-refractivity contribution in [2.45, 2.75) is 45.5 Å². The van der Waals surface area contributed by atoms with E-state index in [1.165, 1.54) is 11.1 Å². The molecule has 2 N–H and O–H groups in total. The normalized spacial score (nSPS) is 16.3. The lowest BCUT2D eigenvalue weighted by Gasteiger charge is -2.30. The lowest BCUT2D eigenvalue weighted by atomic mass is 10.00. The Bertz CT molecular complexity index is 652. The van der Waals surface area contributed by atoms with Gasteiger partial charge in [-0.1, -0.05) is 24.3 Å². The van der Waals surface area contributed by atoms with Crippen molar-refractivity contribution in [1.82, 2.24) is 20.0 Å². The quantitative estimate of drug-likeness (QED) is 0.816. The van der Waals surface area contributed by atoms with Crippen LogP contribution >= 0.6 is 0 Å². The molecular formula is C19H28N4O. The minimum absolute atomic E-state index is 0.359. The van der Waals surface area contributed by atoms with Gasteiger partial charge in [0.15, 0.2) is 0 Å². The van der Waals surface area contributed by atoms with Gasteiger partial charge >= 0.3 is 0 Å². The van der Waals surface area contributed by atoms with Gasteiger partial charge in [0.1, 0.15) is 0 Å². The molecule has 1 atom stereocenters. The van der Waals surface area contributed by atoms with E-state index in [1.54, 1.807) is 0 Å². The van der Waals surface area contributed by atoms with E-state index in [2.05, 4.69) is 53.4 Å². The van der Waals surface area contributed by atoms with Gasteiger partial charge in [0.25, 0.3) is 0 Å². The number of hydrogen-bond donors (Lipinski definition) is 2. The summed E-state index contributed by atoms with van der Waals surface area (Å²) in [6.45, 7) is 8.18. The molecule has 0 saturated heterocycles. The Labute approximate surface area is 144 Å². The van der Waals surface area contributed by atoms with Gasteiger partial charge in [0.05, 0.1) is 11.8 Å². The van der Waals surface area contributed by atoms with Crippen LogP contribution in [0.4, 0.5) is 0 Å². The molecule has 0 radical (unpaired) electrons. The van der Waals surface area contributed by atoms with Crippen LogP contribution in [0.25, 0.3) is 0 Å². The second-order valence-electron chi connectivity index (χ2n) is 6.92. The summed E-state index contributed by atoms with van der Waals surface area (Å²) in [6, 6.07) is 11.0. The Morgan fingerprint density at radius 2 is 2.00 bits per heavy atom. The van der Waals surface area contributed by atoms with Gasteiger partial charge in [-0.05, 0) is 37.5 Å². The maximum atomic E-state index is 10.3. The fraction of sp³-hybridized carbons (Fsp3) is 0.526. The zero-order valence-corrected chi connectivity index (χ0v) is 14.7. The molecule has 2 heterocycles. The van der Waals surface area contributed by atoms with Gasteiger partial charge in [-0.25, -0.2) is 0 Å². The highest BCUT2D eigenvalue weighted by molar-refractivity contribution is 5.29. The summed E-state index contributed by atoms with van der Waals surface area (Å²) in [4.78, 5) is 2.34. The Morgan fingerprint density at radius 1 is 1.21 bits per heavy atom. The zero-order chi connectivity index (χ0) is 16.9. The van der Waals surface area contributed by atoms with Gasteiger partial charge in [-0.2, -0.15) is 5.10 Å². The number of aliphatic hydroxyl groups is 1. The minimum Gasteiger partial charge on any atom is -0.390 e. The van der Waals surface area contributed by atoms with E-state index in [9.17, 15) is 5.11 Å². The smallest absolute Gasteiger partial charge is 0.0791 e. The predicted molar refractivity (Wildman–Crippen MR) is 95.7 cm³/mol. The third-order valence-corrected chi connectivity index (χ3v) is 4.56. The zero-order valence-electron chi connectivity index (χ0n) is 14.7. The van der Waals surface area contributed by atoms with Gasteiger partial charge in [0.2, 0.25) is 0 Å². The molecule has 0 fully saturated rings. The number of aliphatic hydroxyl groups excluding tert-OH is 1. The Balaban J connectivity index is 1.40. The molecule has 0 spiro atoms. The number of benzene rings is 1. The molecule has 0 bridgehead atoms. The van der Waals surface area contributed by atoms with Crippen LogP contribution in [0.1, 0.15) is 36.7 Å². The average Bonchev–Trinajstić information content (AvgIpc) is 3.04. The minimum atomic E-state index is -0.359. The van der Waals surface area contributed by atoms with Crippen LogP contribution in [0.5, 0.6) is 0 Å². The number of nitrogens with zero attached hydrogens (tertiary/aromatic N) is 3. The van der Waals surface area contributed by atoms with Crippen molar-refractivity contribution < 1.29 is 5.11 Å². The van der Waals surface area contributed by atoms with E-state index in [0.29, 0.717) is 25.7 Å². The fourth-order valence-electron chi connectivity index (χ4n) is 3.20. The summed E-state index contributed by atoms with van der Waals surface area (Å²) in [7, 11) is 0. The maximum Gasteiger partial charge on any atom is 0.0791 e. The van der Waals surface area contributed by atoms with Gasteiger partial charge < -0.3 is 10.4 Å². The highest BCUT2D eigenvalue weighted by Gasteiger charge is 2.18. The fourth-order valence-corrected chi connectivity index (χ4v) is 3.20. The maximum absolute atomic E-state index is 10.3. The third-order valence-electron chi connectivity index (χ3n) is 4.56. The molecule has 1 aromatic heterocycles. The first-order valence-electron chi connectivity index (χ1n) is 8.84. The van der Waals surface area contributed by atoms with Gasteiger partial charge in [-0.15, -0.1) is 0 Å². The highest BCUT2D eigenvalue weighted by atomic mass is 16.3. The van der Waals surface area contributed by atoms with E-state index in [1.807, 2.05) is 16.9 Å². The van der Waals surface area contributed by atoms with Crippen LogP contribution < -0.4 is 5.32 Å². The summed E-state index contributed by atoms with van der Waals surface area (Å²) >= 11 is 0. The molecule has 1 aliphatic rings. The first-order valence-corrected chi connectivity index (χ1v) is 8.84. The van der Waals surface area contributed by atoms with Crippen molar-refractivity contribution in [3.63, 3.8) is 0 Å². The monoisotopic (exact) mass is 328 g/mol. The van der Waals surface area contributed by atoms with Crippen LogP contribution in [0.2, 0.25) is 0 Å². The van der Waals surface area contributed by atoms with E-state index in [0.717, 1.165) is 25.2 Å². The molecule has 2 aromatic rings. The number of rotatable bonds is 7. The number of fused-ring (bicyclic) bond motifs is 1. The number of aromatic nitrogens is 2. The summed E-state index contributed by atoms with van der Waals surface area (Å²) in [5, 5.41) is 18.1. The van der Waals surface area contributed by atoms with Crippen molar-refractivity contribution in [3.05, 3.63) is 53.3 Å². The number of nitrogens with one attached hydrogen (secondary N) is 1. The summed E-state index contributed by atoms with van der Waals surface area (Å²) in [6.07, 6.45) is 2.72. The first kappa shape index (κ1) is 17.1. The molecule has 24 heavy (non-hydrogen) atoms. The van der Waals surface area contributed by atoms with Crippen molar-refractivity contribution in [3.8, 4) is 0 Å². The summed E-state index contributed by atoms with van der Waals surface area (Å²) in [5.74, 6) is 0. The molecule has 130 valence electrons. The van der Waals surface area contributed by atoms with Gasteiger partial charge in [-0.3, -0.25) is 9.58 Å². The third kappa shape index (κ3) is 4.44. The lowest BCUT2D eigenvalue weighted by Crippen LogP contribution is -2.40. The molecule has 0 saturated carbocycles. The second-order valence-corrected chi connectivity index (χ2v) is 6.92. The van der Waals surface area contributed by atoms with Gasteiger partial charge in [0, 0.05) is 45.0 Å². The largest absolute Gasteiger partial charge is 0.390 e. The molecule has 1 aromatic carbocycles.